The van der Waals surface area contributed by atoms with Crippen LogP contribution in [0.4, 0.5) is 0 Å². The standard InChI is InChI=1S/C19H33N5O2S/c1-16-14-18(10-13-24(16)15-17-8-5-4-6-9-17)23-19(20-2)21-11-7-12-22-27(3,25)26/h4-6,8-9,16,18,22H,7,10-15H2,1-3H3,(H2,20,21,23). The molecule has 1 aliphatic rings. The van der Waals surface area contributed by atoms with Crippen LogP contribution in [0.1, 0.15) is 31.7 Å². The number of likely N-dealkylation sites (tertiary alicyclic amines) is 1. The van der Waals surface area contributed by atoms with Crippen molar-refractivity contribution in [1.29, 1.82) is 0 Å². The predicted molar refractivity (Wildman–Crippen MR) is 111 cm³/mol. The second-order valence-corrected chi connectivity index (χ2v) is 9.02. The molecule has 1 aromatic rings. The molecule has 2 unspecified atom stereocenters. The Labute approximate surface area is 163 Å². The van der Waals surface area contributed by atoms with Crippen LogP contribution in [-0.2, 0) is 16.6 Å². The van der Waals surface area contributed by atoms with Crippen molar-refractivity contribution in [2.45, 2.75) is 44.8 Å². The van der Waals surface area contributed by atoms with Crippen LogP contribution < -0.4 is 15.4 Å². The van der Waals surface area contributed by atoms with E-state index in [2.05, 4.69) is 62.5 Å². The van der Waals surface area contributed by atoms with E-state index in [-0.39, 0.29) is 0 Å². The van der Waals surface area contributed by atoms with Crippen LogP contribution in [0.3, 0.4) is 0 Å². The van der Waals surface area contributed by atoms with Gasteiger partial charge in [-0.2, -0.15) is 0 Å². The van der Waals surface area contributed by atoms with E-state index in [0.29, 0.717) is 31.6 Å². The normalized spacial score (nSPS) is 21.8. The zero-order chi connectivity index (χ0) is 19.7. The van der Waals surface area contributed by atoms with Crippen molar-refractivity contribution in [3.05, 3.63) is 35.9 Å². The van der Waals surface area contributed by atoms with Crippen molar-refractivity contribution in [3.8, 4) is 0 Å². The Morgan fingerprint density at radius 3 is 2.63 bits per heavy atom. The summed E-state index contributed by atoms with van der Waals surface area (Å²) < 4.78 is 24.6. The van der Waals surface area contributed by atoms with Gasteiger partial charge in [0, 0.05) is 45.3 Å². The third-order valence-electron chi connectivity index (χ3n) is 4.82. The summed E-state index contributed by atoms with van der Waals surface area (Å²) in [5.74, 6) is 0.781. The Morgan fingerprint density at radius 1 is 1.26 bits per heavy atom. The van der Waals surface area contributed by atoms with Crippen LogP contribution in [0, 0.1) is 0 Å². The molecule has 0 spiro atoms. The summed E-state index contributed by atoms with van der Waals surface area (Å²) in [5, 5.41) is 6.76. The van der Waals surface area contributed by atoms with Gasteiger partial charge in [0.05, 0.1) is 6.26 Å². The monoisotopic (exact) mass is 395 g/mol. The van der Waals surface area contributed by atoms with E-state index in [9.17, 15) is 8.42 Å². The van der Waals surface area contributed by atoms with Gasteiger partial charge < -0.3 is 10.6 Å². The summed E-state index contributed by atoms with van der Waals surface area (Å²) in [4.78, 5) is 6.81. The molecule has 7 nitrogen and oxygen atoms in total. The molecule has 0 saturated carbocycles. The topological polar surface area (TPSA) is 85.8 Å². The zero-order valence-corrected chi connectivity index (χ0v) is 17.4. The van der Waals surface area contributed by atoms with Gasteiger partial charge >= 0.3 is 0 Å². The number of benzene rings is 1. The van der Waals surface area contributed by atoms with Crippen molar-refractivity contribution in [2.24, 2.45) is 4.99 Å². The summed E-state index contributed by atoms with van der Waals surface area (Å²) in [6.07, 6.45) is 4.03. The van der Waals surface area contributed by atoms with E-state index < -0.39 is 10.0 Å². The molecule has 27 heavy (non-hydrogen) atoms. The second-order valence-electron chi connectivity index (χ2n) is 7.19. The quantitative estimate of drug-likeness (QED) is 0.349. The molecule has 1 aliphatic heterocycles. The van der Waals surface area contributed by atoms with Crippen molar-refractivity contribution in [3.63, 3.8) is 0 Å². The zero-order valence-electron chi connectivity index (χ0n) is 16.6. The molecule has 3 N–H and O–H groups in total. The fourth-order valence-corrected chi connectivity index (χ4v) is 3.86. The number of aliphatic imine (C=N–C) groups is 1. The maximum absolute atomic E-state index is 11.0. The van der Waals surface area contributed by atoms with Gasteiger partial charge in [-0.1, -0.05) is 30.3 Å². The van der Waals surface area contributed by atoms with Crippen LogP contribution >= 0.6 is 0 Å². The van der Waals surface area contributed by atoms with Crippen LogP contribution in [0.5, 0.6) is 0 Å². The molecule has 1 fully saturated rings. The number of hydrogen-bond acceptors (Lipinski definition) is 4. The highest BCUT2D eigenvalue weighted by molar-refractivity contribution is 7.88. The minimum Gasteiger partial charge on any atom is -0.356 e. The van der Waals surface area contributed by atoms with Gasteiger partial charge in [0.25, 0.3) is 0 Å². The van der Waals surface area contributed by atoms with Crippen LogP contribution in [-0.4, -0.2) is 64.3 Å². The molecule has 0 aliphatic carbocycles. The first-order valence-electron chi connectivity index (χ1n) is 9.57. The van der Waals surface area contributed by atoms with Gasteiger partial charge in [-0.25, -0.2) is 13.1 Å². The third-order valence-corrected chi connectivity index (χ3v) is 5.55. The SMILES string of the molecule is CN=C(NCCCNS(C)(=O)=O)NC1CCN(Cc2ccccc2)C(C)C1. The van der Waals surface area contributed by atoms with Crippen LogP contribution in [0.2, 0.25) is 0 Å². The van der Waals surface area contributed by atoms with Gasteiger partial charge in [0.2, 0.25) is 10.0 Å². The lowest BCUT2D eigenvalue weighted by atomic mass is 9.97. The van der Waals surface area contributed by atoms with E-state index in [1.54, 1.807) is 7.05 Å². The smallest absolute Gasteiger partial charge is 0.208 e. The molecule has 0 aromatic heterocycles. The summed E-state index contributed by atoms with van der Waals surface area (Å²) in [6, 6.07) is 11.5. The fourth-order valence-electron chi connectivity index (χ4n) is 3.35. The van der Waals surface area contributed by atoms with Crippen LogP contribution in [0.25, 0.3) is 0 Å². The van der Waals surface area contributed by atoms with Gasteiger partial charge in [-0.15, -0.1) is 0 Å². The first-order valence-corrected chi connectivity index (χ1v) is 11.5. The highest BCUT2D eigenvalue weighted by atomic mass is 32.2. The number of piperidine rings is 1. The molecular weight excluding hydrogens is 362 g/mol. The molecule has 1 saturated heterocycles. The van der Waals surface area contributed by atoms with E-state index >= 15 is 0 Å². The van der Waals surface area contributed by atoms with E-state index in [0.717, 1.165) is 31.9 Å². The molecule has 0 radical (unpaired) electrons. The highest BCUT2D eigenvalue weighted by Crippen LogP contribution is 2.19. The van der Waals surface area contributed by atoms with Crippen molar-refractivity contribution >= 4 is 16.0 Å². The number of nitrogens with zero attached hydrogens (tertiary/aromatic N) is 2. The molecule has 0 bridgehead atoms. The lowest BCUT2D eigenvalue weighted by Gasteiger charge is -2.38. The largest absolute Gasteiger partial charge is 0.356 e. The summed E-state index contributed by atoms with van der Waals surface area (Å²) in [6.45, 7) is 5.43. The first kappa shape index (κ1) is 21.7. The molecular formula is C19H33N5O2S. The molecule has 2 rings (SSSR count). The van der Waals surface area contributed by atoms with Crippen LogP contribution in [0.15, 0.2) is 35.3 Å². The number of nitrogens with one attached hydrogen (secondary N) is 3. The molecule has 1 aromatic carbocycles. The molecule has 8 heteroatoms. The molecule has 1 heterocycles. The van der Waals surface area contributed by atoms with E-state index in [1.165, 1.54) is 11.8 Å². The Bertz CT molecular complexity index is 693. The maximum atomic E-state index is 11.0. The Morgan fingerprint density at radius 2 is 2.00 bits per heavy atom. The van der Waals surface area contributed by atoms with Crippen molar-refractivity contribution in [2.75, 3.05) is 32.9 Å². The minimum absolute atomic E-state index is 0.396. The van der Waals surface area contributed by atoms with Gasteiger partial charge in [0.1, 0.15) is 0 Å². The van der Waals surface area contributed by atoms with Gasteiger partial charge in [-0.3, -0.25) is 9.89 Å². The number of guanidine groups is 1. The number of rotatable bonds is 8. The summed E-state index contributed by atoms with van der Waals surface area (Å²) in [7, 11) is -1.35. The maximum Gasteiger partial charge on any atom is 0.208 e. The molecule has 152 valence electrons. The lowest BCUT2D eigenvalue weighted by Crippen LogP contribution is -2.51. The number of sulfonamides is 1. The van der Waals surface area contributed by atoms with E-state index in [1.807, 2.05) is 0 Å². The predicted octanol–water partition coefficient (Wildman–Crippen LogP) is 1.14. The Kier molecular flexibility index (Phi) is 8.53. The first-order chi connectivity index (χ1) is 12.9. The Hall–Kier alpha value is -1.64. The minimum atomic E-state index is -3.12. The van der Waals surface area contributed by atoms with Gasteiger partial charge in [-0.05, 0) is 31.7 Å². The van der Waals surface area contributed by atoms with Gasteiger partial charge in [0.15, 0.2) is 5.96 Å². The van der Waals surface area contributed by atoms with E-state index in [4.69, 9.17) is 0 Å². The average Bonchev–Trinajstić information content (AvgIpc) is 2.62. The van der Waals surface area contributed by atoms with Crippen molar-refractivity contribution < 1.29 is 8.42 Å². The Balaban J connectivity index is 1.71. The van der Waals surface area contributed by atoms with Crippen molar-refractivity contribution in [1.82, 2.24) is 20.3 Å². The average molecular weight is 396 g/mol. The molecule has 2 atom stereocenters. The number of hydrogen-bond donors (Lipinski definition) is 3. The third kappa shape index (κ3) is 8.28. The summed E-state index contributed by atoms with van der Waals surface area (Å²) >= 11 is 0. The lowest BCUT2D eigenvalue weighted by molar-refractivity contribution is 0.134. The second kappa shape index (κ2) is 10.6. The highest BCUT2D eigenvalue weighted by Gasteiger charge is 2.25. The molecule has 0 amide bonds. The fraction of sp³-hybridized carbons (Fsp3) is 0.632. The summed E-state index contributed by atoms with van der Waals surface area (Å²) in [5.41, 5.74) is 1.36.